The normalized spacial score (nSPS) is 14.5. The number of hydrogen-bond acceptors (Lipinski definition) is 4. The molecule has 0 unspecified atom stereocenters. The average molecular weight is 226 g/mol. The number of anilines is 1. The lowest BCUT2D eigenvalue weighted by Gasteiger charge is -2.26. The van der Waals surface area contributed by atoms with Gasteiger partial charge in [0.15, 0.2) is 0 Å². The molecule has 0 N–H and O–H groups in total. The van der Waals surface area contributed by atoms with Crippen molar-refractivity contribution in [2.24, 2.45) is 0 Å². The number of nitrogens with zero attached hydrogens (tertiary/aromatic N) is 4. The van der Waals surface area contributed by atoms with Gasteiger partial charge in [-0.05, 0) is 24.5 Å². The molecule has 0 amide bonds. The largest absolute Gasteiger partial charge is 0.359 e. The van der Waals surface area contributed by atoms with Crippen LogP contribution in [0.5, 0.6) is 0 Å². The molecule has 0 bridgehead atoms. The molecule has 0 radical (unpaired) electrons. The van der Waals surface area contributed by atoms with Gasteiger partial charge in [0.1, 0.15) is 5.82 Å². The lowest BCUT2D eigenvalue weighted by atomic mass is 10.0. The highest BCUT2D eigenvalue weighted by atomic mass is 15.2. The van der Waals surface area contributed by atoms with Gasteiger partial charge in [-0.1, -0.05) is 0 Å². The van der Waals surface area contributed by atoms with E-state index in [-0.39, 0.29) is 0 Å². The maximum absolute atomic E-state index is 4.53. The monoisotopic (exact) mass is 226 g/mol. The smallest absolute Gasteiger partial charge is 0.131 e. The zero-order chi connectivity index (χ0) is 11.7. The second-order valence-corrected chi connectivity index (χ2v) is 4.32. The van der Waals surface area contributed by atoms with E-state index < -0.39 is 0 Å². The van der Waals surface area contributed by atoms with Gasteiger partial charge in [0.25, 0.3) is 0 Å². The number of aromatic nitrogens is 3. The Morgan fingerprint density at radius 2 is 2.12 bits per heavy atom. The number of pyridine rings is 1. The summed E-state index contributed by atoms with van der Waals surface area (Å²) in [6.07, 6.45) is 9.33. The van der Waals surface area contributed by atoms with Gasteiger partial charge in [-0.15, -0.1) is 0 Å². The molecule has 1 aliphatic heterocycles. The Morgan fingerprint density at radius 3 is 2.94 bits per heavy atom. The van der Waals surface area contributed by atoms with E-state index in [0.717, 1.165) is 30.0 Å². The van der Waals surface area contributed by atoms with Crippen LogP contribution in [-0.4, -0.2) is 28.5 Å². The number of aryl methyl sites for hydroxylation is 1. The summed E-state index contributed by atoms with van der Waals surface area (Å²) in [5.74, 6) is 1.10. The maximum atomic E-state index is 4.53. The van der Waals surface area contributed by atoms with Crippen LogP contribution in [0.2, 0.25) is 0 Å². The Morgan fingerprint density at radius 1 is 1.18 bits per heavy atom. The SMILES string of the molecule is CN1CCCc2cc(-c3cnccn3)cnc21. The summed E-state index contributed by atoms with van der Waals surface area (Å²) >= 11 is 0. The van der Waals surface area contributed by atoms with Crippen LogP contribution in [0.25, 0.3) is 11.3 Å². The summed E-state index contributed by atoms with van der Waals surface area (Å²) in [7, 11) is 2.09. The van der Waals surface area contributed by atoms with Crippen molar-refractivity contribution in [2.45, 2.75) is 12.8 Å². The molecule has 2 aromatic heterocycles. The molecule has 0 fully saturated rings. The predicted molar refractivity (Wildman–Crippen MR) is 66.9 cm³/mol. The minimum atomic E-state index is 0.885. The highest BCUT2D eigenvalue weighted by Crippen LogP contribution is 2.27. The number of fused-ring (bicyclic) bond motifs is 1. The molecule has 3 heterocycles. The molecule has 4 nitrogen and oxygen atoms in total. The van der Waals surface area contributed by atoms with Crippen LogP contribution in [0, 0.1) is 0 Å². The van der Waals surface area contributed by atoms with Crippen molar-refractivity contribution < 1.29 is 0 Å². The molecule has 4 heteroatoms. The minimum Gasteiger partial charge on any atom is -0.359 e. The van der Waals surface area contributed by atoms with Crippen molar-refractivity contribution in [3.05, 3.63) is 36.4 Å². The quantitative estimate of drug-likeness (QED) is 0.745. The van der Waals surface area contributed by atoms with Gasteiger partial charge in [0, 0.05) is 37.7 Å². The zero-order valence-corrected chi connectivity index (χ0v) is 9.80. The summed E-state index contributed by atoms with van der Waals surface area (Å²) in [6, 6.07) is 2.18. The maximum Gasteiger partial charge on any atom is 0.131 e. The van der Waals surface area contributed by atoms with Crippen LogP contribution in [0.1, 0.15) is 12.0 Å². The second kappa shape index (κ2) is 4.13. The van der Waals surface area contributed by atoms with E-state index in [1.54, 1.807) is 18.6 Å². The van der Waals surface area contributed by atoms with E-state index in [2.05, 4.69) is 33.0 Å². The zero-order valence-electron chi connectivity index (χ0n) is 9.80. The summed E-state index contributed by atoms with van der Waals surface area (Å²) < 4.78 is 0. The van der Waals surface area contributed by atoms with Crippen LogP contribution in [0.3, 0.4) is 0 Å². The van der Waals surface area contributed by atoms with Gasteiger partial charge in [0.2, 0.25) is 0 Å². The molecule has 0 saturated carbocycles. The van der Waals surface area contributed by atoms with Gasteiger partial charge in [-0.3, -0.25) is 9.97 Å². The second-order valence-electron chi connectivity index (χ2n) is 4.32. The molecule has 0 spiro atoms. The lowest BCUT2D eigenvalue weighted by Crippen LogP contribution is -2.25. The first-order valence-electron chi connectivity index (χ1n) is 5.81. The van der Waals surface area contributed by atoms with Crippen LogP contribution in [0.4, 0.5) is 5.82 Å². The Labute approximate surface area is 100 Å². The van der Waals surface area contributed by atoms with Crippen molar-refractivity contribution in [1.29, 1.82) is 0 Å². The van der Waals surface area contributed by atoms with Crippen molar-refractivity contribution in [2.75, 3.05) is 18.5 Å². The Balaban J connectivity index is 2.04. The fourth-order valence-electron chi connectivity index (χ4n) is 2.23. The molecule has 3 rings (SSSR count). The lowest BCUT2D eigenvalue weighted by molar-refractivity contribution is 0.730. The first kappa shape index (κ1) is 10.2. The molecular weight excluding hydrogens is 212 g/mol. The van der Waals surface area contributed by atoms with E-state index in [4.69, 9.17) is 0 Å². The van der Waals surface area contributed by atoms with Crippen LogP contribution in [-0.2, 0) is 6.42 Å². The summed E-state index contributed by atoms with van der Waals surface area (Å²) in [5, 5.41) is 0. The topological polar surface area (TPSA) is 41.9 Å². The number of hydrogen-bond donors (Lipinski definition) is 0. The van der Waals surface area contributed by atoms with Crippen LogP contribution in [0.15, 0.2) is 30.9 Å². The highest BCUT2D eigenvalue weighted by molar-refractivity contribution is 5.62. The molecule has 86 valence electrons. The fourth-order valence-corrected chi connectivity index (χ4v) is 2.23. The van der Waals surface area contributed by atoms with Gasteiger partial charge < -0.3 is 4.90 Å². The van der Waals surface area contributed by atoms with E-state index in [9.17, 15) is 0 Å². The average Bonchev–Trinajstić information content (AvgIpc) is 2.40. The molecule has 17 heavy (non-hydrogen) atoms. The van der Waals surface area contributed by atoms with Crippen molar-refractivity contribution in [3.63, 3.8) is 0 Å². The third-order valence-corrected chi connectivity index (χ3v) is 3.10. The first-order chi connectivity index (χ1) is 8.34. The summed E-state index contributed by atoms with van der Waals surface area (Å²) in [6.45, 7) is 1.09. The van der Waals surface area contributed by atoms with Gasteiger partial charge in [0.05, 0.1) is 11.9 Å². The Kier molecular flexibility index (Phi) is 2.48. The molecule has 0 atom stereocenters. The van der Waals surface area contributed by atoms with Crippen molar-refractivity contribution >= 4 is 5.82 Å². The summed E-state index contributed by atoms with van der Waals surface area (Å²) in [4.78, 5) is 15.1. The van der Waals surface area contributed by atoms with E-state index in [0.29, 0.717) is 0 Å². The molecule has 0 saturated heterocycles. The summed E-state index contributed by atoms with van der Waals surface area (Å²) in [5.41, 5.74) is 3.24. The molecule has 2 aromatic rings. The molecular formula is C13H14N4. The Bertz CT molecular complexity index is 524. The highest BCUT2D eigenvalue weighted by Gasteiger charge is 2.15. The fraction of sp³-hybridized carbons (Fsp3) is 0.308. The third kappa shape index (κ3) is 1.86. The molecule has 1 aliphatic rings. The van der Waals surface area contributed by atoms with E-state index in [1.165, 1.54) is 12.0 Å². The third-order valence-electron chi connectivity index (χ3n) is 3.10. The van der Waals surface area contributed by atoms with Crippen LogP contribution >= 0.6 is 0 Å². The predicted octanol–water partition coefficient (Wildman–Crippen LogP) is 1.92. The van der Waals surface area contributed by atoms with Crippen molar-refractivity contribution in [3.8, 4) is 11.3 Å². The minimum absolute atomic E-state index is 0.885. The first-order valence-corrected chi connectivity index (χ1v) is 5.81. The molecule has 0 aliphatic carbocycles. The number of rotatable bonds is 1. The van der Waals surface area contributed by atoms with E-state index >= 15 is 0 Å². The van der Waals surface area contributed by atoms with Crippen LogP contribution < -0.4 is 4.90 Å². The van der Waals surface area contributed by atoms with Gasteiger partial charge in [-0.2, -0.15) is 0 Å². The van der Waals surface area contributed by atoms with E-state index in [1.807, 2.05) is 6.20 Å². The van der Waals surface area contributed by atoms with Gasteiger partial charge >= 0.3 is 0 Å². The standard InChI is InChI=1S/C13H14N4/c1-17-6-2-3-10-7-11(8-16-13(10)17)12-9-14-4-5-15-12/h4-5,7-9H,2-3,6H2,1H3. The van der Waals surface area contributed by atoms with Crippen molar-refractivity contribution in [1.82, 2.24) is 15.0 Å². The molecule has 0 aromatic carbocycles. The Hall–Kier alpha value is -1.97. The van der Waals surface area contributed by atoms with Gasteiger partial charge in [-0.25, -0.2) is 4.98 Å².